The summed E-state index contributed by atoms with van der Waals surface area (Å²) in [6.07, 6.45) is 3.98. The second-order valence-electron chi connectivity index (χ2n) is 6.48. The maximum absolute atomic E-state index is 12.0. The summed E-state index contributed by atoms with van der Waals surface area (Å²) < 4.78 is 23.2. The second-order valence-corrected chi connectivity index (χ2v) is 6.89. The average Bonchev–Trinajstić information content (AvgIpc) is 2.54. The average molecular weight is 355 g/mol. The van der Waals surface area contributed by atoms with E-state index in [1.165, 1.54) is 0 Å². The van der Waals surface area contributed by atoms with Gasteiger partial charge in [-0.15, -0.1) is 0 Å². The zero-order valence-corrected chi connectivity index (χ0v) is 15.1. The smallest absolute Gasteiger partial charge is 0.157 e. The summed E-state index contributed by atoms with van der Waals surface area (Å²) in [4.78, 5) is 0. The van der Waals surface area contributed by atoms with Gasteiger partial charge in [0.1, 0.15) is 17.4 Å². The highest BCUT2D eigenvalue weighted by Gasteiger charge is 2.22. The van der Waals surface area contributed by atoms with Crippen LogP contribution in [-0.2, 0) is 11.3 Å². The Bertz CT molecular complexity index is 594. The number of halogens is 2. The van der Waals surface area contributed by atoms with E-state index in [9.17, 15) is 4.39 Å². The van der Waals surface area contributed by atoms with Gasteiger partial charge in [0.2, 0.25) is 0 Å². The van der Waals surface area contributed by atoms with Crippen molar-refractivity contribution in [1.82, 2.24) is 10.4 Å². The molecule has 0 fully saturated rings. The molecule has 0 amide bonds. The first-order valence-electron chi connectivity index (χ1n) is 7.94. The van der Waals surface area contributed by atoms with Crippen molar-refractivity contribution in [3.63, 3.8) is 0 Å². The first kappa shape index (κ1) is 18.5. The fraction of sp³-hybridized carbons (Fsp3) is 0.444. The number of nitrogens with zero attached hydrogens (tertiary/aromatic N) is 1. The summed E-state index contributed by atoms with van der Waals surface area (Å²) in [5.41, 5.74) is 4.06. The Balaban J connectivity index is 1.85. The minimum Gasteiger partial charge on any atom is -0.494 e. The zero-order valence-electron chi connectivity index (χ0n) is 14.3. The SMILES string of the molecule is CC(C)(C)N1C=C(Cl)C(OCc2ccc(OCCCF)cc2)=CN1. The molecule has 0 atom stereocenters. The summed E-state index contributed by atoms with van der Waals surface area (Å²) >= 11 is 6.28. The summed E-state index contributed by atoms with van der Waals surface area (Å²) in [5, 5.41) is 2.47. The van der Waals surface area contributed by atoms with Crippen molar-refractivity contribution >= 4 is 11.6 Å². The van der Waals surface area contributed by atoms with Crippen LogP contribution in [0.1, 0.15) is 32.8 Å². The molecule has 6 heteroatoms. The van der Waals surface area contributed by atoms with Gasteiger partial charge in [0.15, 0.2) is 5.76 Å². The lowest BCUT2D eigenvalue weighted by molar-refractivity contribution is 0.141. The van der Waals surface area contributed by atoms with Crippen LogP contribution in [-0.4, -0.2) is 23.8 Å². The molecule has 0 unspecified atom stereocenters. The van der Waals surface area contributed by atoms with Crippen molar-refractivity contribution in [2.75, 3.05) is 13.3 Å². The molecule has 0 saturated heterocycles. The molecule has 0 aliphatic carbocycles. The van der Waals surface area contributed by atoms with E-state index in [2.05, 4.69) is 26.2 Å². The highest BCUT2D eigenvalue weighted by molar-refractivity contribution is 6.31. The van der Waals surface area contributed by atoms with Crippen LogP contribution in [0.2, 0.25) is 0 Å². The standard InChI is InChI=1S/C18H24ClFN2O2/c1-18(2,3)22-12-16(19)17(11-21-22)24-13-14-5-7-15(8-6-14)23-10-4-9-20/h5-8,11-12,21H,4,9-10,13H2,1-3H3. The first-order chi connectivity index (χ1) is 11.4. The predicted molar refractivity (Wildman–Crippen MR) is 94.1 cm³/mol. The number of rotatable bonds is 7. The highest BCUT2D eigenvalue weighted by Crippen LogP contribution is 2.25. The molecule has 1 aliphatic heterocycles. The molecular weight excluding hydrogens is 331 g/mol. The van der Waals surface area contributed by atoms with Crippen LogP contribution in [0.25, 0.3) is 0 Å². The minimum atomic E-state index is -0.365. The normalized spacial score (nSPS) is 14.6. The number of ether oxygens (including phenoxy) is 2. The number of allylic oxidation sites excluding steroid dienone is 1. The monoisotopic (exact) mass is 354 g/mol. The van der Waals surface area contributed by atoms with E-state index in [4.69, 9.17) is 21.1 Å². The summed E-state index contributed by atoms with van der Waals surface area (Å²) in [6, 6.07) is 7.54. The van der Waals surface area contributed by atoms with Gasteiger partial charge >= 0.3 is 0 Å². The molecule has 0 spiro atoms. The quantitative estimate of drug-likeness (QED) is 0.732. The van der Waals surface area contributed by atoms with Crippen LogP contribution < -0.4 is 10.2 Å². The topological polar surface area (TPSA) is 33.7 Å². The molecule has 2 rings (SSSR count). The number of hydrogen-bond acceptors (Lipinski definition) is 4. The lowest BCUT2D eigenvalue weighted by atomic mass is 10.1. The van der Waals surface area contributed by atoms with Crippen molar-refractivity contribution in [3.8, 4) is 5.75 Å². The van der Waals surface area contributed by atoms with E-state index in [1.807, 2.05) is 35.5 Å². The molecule has 1 aromatic rings. The lowest BCUT2D eigenvalue weighted by Gasteiger charge is -2.36. The Hall–Kier alpha value is -1.88. The Morgan fingerprint density at radius 3 is 2.46 bits per heavy atom. The van der Waals surface area contributed by atoms with Crippen LogP contribution in [0.3, 0.4) is 0 Å². The van der Waals surface area contributed by atoms with Gasteiger partial charge < -0.3 is 14.9 Å². The van der Waals surface area contributed by atoms with Crippen LogP contribution >= 0.6 is 11.6 Å². The third-order valence-corrected chi connectivity index (χ3v) is 3.68. The number of benzene rings is 1. The molecule has 0 bridgehead atoms. The van der Waals surface area contributed by atoms with E-state index < -0.39 is 0 Å². The zero-order chi connectivity index (χ0) is 17.6. The second kappa shape index (κ2) is 8.29. The van der Waals surface area contributed by atoms with Crippen LogP contribution in [0, 0.1) is 0 Å². The molecule has 24 heavy (non-hydrogen) atoms. The van der Waals surface area contributed by atoms with Gasteiger partial charge in [-0.3, -0.25) is 9.40 Å². The third-order valence-electron chi connectivity index (χ3n) is 3.40. The van der Waals surface area contributed by atoms with Gasteiger partial charge in [0.25, 0.3) is 0 Å². The van der Waals surface area contributed by atoms with Crippen molar-refractivity contribution in [1.29, 1.82) is 0 Å². The molecule has 132 valence electrons. The largest absolute Gasteiger partial charge is 0.494 e. The highest BCUT2D eigenvalue weighted by atomic mass is 35.5. The van der Waals surface area contributed by atoms with Crippen molar-refractivity contribution in [2.24, 2.45) is 0 Å². The lowest BCUT2D eigenvalue weighted by Crippen LogP contribution is -2.46. The van der Waals surface area contributed by atoms with Crippen LogP contribution in [0.5, 0.6) is 5.75 Å². The number of hydrazine groups is 1. The van der Waals surface area contributed by atoms with Crippen molar-refractivity contribution < 1.29 is 13.9 Å². The van der Waals surface area contributed by atoms with E-state index in [1.54, 1.807) is 6.20 Å². The third kappa shape index (κ3) is 5.34. The molecule has 0 saturated carbocycles. The Morgan fingerprint density at radius 2 is 1.88 bits per heavy atom. The van der Waals surface area contributed by atoms with Gasteiger partial charge in [0, 0.05) is 12.6 Å². The molecule has 1 aliphatic rings. The van der Waals surface area contributed by atoms with E-state index in [0.29, 0.717) is 30.4 Å². The van der Waals surface area contributed by atoms with Gasteiger partial charge in [0.05, 0.1) is 25.0 Å². The molecule has 1 aromatic carbocycles. The van der Waals surface area contributed by atoms with Crippen molar-refractivity contribution in [3.05, 3.63) is 53.0 Å². The summed E-state index contributed by atoms with van der Waals surface area (Å²) in [5.74, 6) is 1.32. The van der Waals surface area contributed by atoms with E-state index in [-0.39, 0.29) is 12.2 Å². The maximum atomic E-state index is 12.0. The molecule has 1 N–H and O–H groups in total. The van der Waals surface area contributed by atoms with Gasteiger partial charge in [-0.1, -0.05) is 23.7 Å². The number of nitrogens with one attached hydrogen (secondary N) is 1. The van der Waals surface area contributed by atoms with E-state index in [0.717, 1.165) is 11.3 Å². The number of hydrogen-bond donors (Lipinski definition) is 1. The predicted octanol–water partition coefficient (Wildman–Crippen LogP) is 4.48. The Labute approximate surface area is 147 Å². The fourth-order valence-electron chi connectivity index (χ4n) is 2.00. The Morgan fingerprint density at radius 1 is 1.17 bits per heavy atom. The molecular formula is C18H24ClFN2O2. The minimum absolute atomic E-state index is 0.0832. The van der Waals surface area contributed by atoms with Crippen LogP contribution in [0.15, 0.2) is 47.5 Å². The summed E-state index contributed by atoms with van der Waals surface area (Å²) in [7, 11) is 0. The van der Waals surface area contributed by atoms with Gasteiger partial charge in [-0.2, -0.15) is 0 Å². The molecule has 0 radical (unpaired) electrons. The van der Waals surface area contributed by atoms with Crippen molar-refractivity contribution in [2.45, 2.75) is 39.3 Å². The molecule has 0 aromatic heterocycles. The molecule has 4 nitrogen and oxygen atoms in total. The maximum Gasteiger partial charge on any atom is 0.157 e. The number of alkyl halides is 1. The van der Waals surface area contributed by atoms with Gasteiger partial charge in [-0.25, -0.2) is 0 Å². The van der Waals surface area contributed by atoms with Crippen LogP contribution in [0.4, 0.5) is 4.39 Å². The van der Waals surface area contributed by atoms with Gasteiger partial charge in [-0.05, 0) is 38.5 Å². The van der Waals surface area contributed by atoms with E-state index >= 15 is 0 Å². The fourth-order valence-corrected chi connectivity index (χ4v) is 2.20. The summed E-state index contributed by atoms with van der Waals surface area (Å²) in [6.45, 7) is 6.66. The first-order valence-corrected chi connectivity index (χ1v) is 8.32. The Kier molecular flexibility index (Phi) is 6.37. The molecule has 1 heterocycles.